The highest BCUT2D eigenvalue weighted by Crippen LogP contribution is 2.20. The predicted molar refractivity (Wildman–Crippen MR) is 66.5 cm³/mol. The maximum atomic E-state index is 12.0. The van der Waals surface area contributed by atoms with Crippen LogP contribution in [0, 0.1) is 0 Å². The molecule has 2 amide bonds. The Hall–Kier alpha value is -2.43. The molecule has 0 aliphatic carbocycles. The van der Waals surface area contributed by atoms with Crippen molar-refractivity contribution in [2.24, 2.45) is 0 Å². The van der Waals surface area contributed by atoms with Gasteiger partial charge in [0.2, 0.25) is 17.6 Å². The Bertz CT molecular complexity index is 637. The van der Waals surface area contributed by atoms with Crippen molar-refractivity contribution < 1.29 is 18.8 Å². The van der Waals surface area contributed by atoms with Gasteiger partial charge < -0.3 is 4.42 Å². The lowest BCUT2D eigenvalue weighted by atomic mass is 10.2. The summed E-state index contributed by atoms with van der Waals surface area (Å²) in [5.74, 6) is -0.780. The molecule has 1 aromatic carbocycles. The molecule has 0 bridgehead atoms. The van der Waals surface area contributed by atoms with E-state index in [9.17, 15) is 14.4 Å². The smallest absolute Gasteiger partial charge is 0.230 e. The highest BCUT2D eigenvalue weighted by atomic mass is 16.3. The van der Waals surface area contributed by atoms with Crippen LogP contribution in [-0.4, -0.2) is 29.0 Å². The van der Waals surface area contributed by atoms with Crippen molar-refractivity contribution in [2.45, 2.75) is 12.8 Å². The zero-order valence-corrected chi connectivity index (χ0v) is 10.1. The third-order valence-corrected chi connectivity index (χ3v) is 3.16. The van der Waals surface area contributed by atoms with Crippen molar-refractivity contribution in [1.82, 2.24) is 4.90 Å². The molecule has 1 aliphatic heterocycles. The summed E-state index contributed by atoms with van der Waals surface area (Å²) in [4.78, 5) is 35.9. The van der Waals surface area contributed by atoms with Gasteiger partial charge in [-0.3, -0.25) is 19.3 Å². The van der Waals surface area contributed by atoms with E-state index in [2.05, 4.69) is 0 Å². The second-order valence-electron chi connectivity index (χ2n) is 4.45. The van der Waals surface area contributed by atoms with Crippen LogP contribution in [0.2, 0.25) is 0 Å². The van der Waals surface area contributed by atoms with Crippen molar-refractivity contribution in [2.75, 3.05) is 6.54 Å². The zero-order chi connectivity index (χ0) is 13.4. The van der Waals surface area contributed by atoms with Gasteiger partial charge in [0.1, 0.15) is 5.58 Å². The number of fused-ring (bicyclic) bond motifs is 1. The van der Waals surface area contributed by atoms with E-state index in [1.165, 1.54) is 0 Å². The molecule has 0 radical (unpaired) electrons. The number of imide groups is 1. The summed E-state index contributed by atoms with van der Waals surface area (Å²) in [7, 11) is 0. The monoisotopic (exact) mass is 257 g/mol. The average Bonchev–Trinajstić information content (AvgIpc) is 2.97. The summed E-state index contributed by atoms with van der Waals surface area (Å²) < 4.78 is 5.41. The van der Waals surface area contributed by atoms with E-state index < -0.39 is 0 Å². The fourth-order valence-electron chi connectivity index (χ4n) is 2.14. The molecule has 1 fully saturated rings. The number of nitrogens with zero attached hydrogens (tertiary/aromatic N) is 1. The zero-order valence-electron chi connectivity index (χ0n) is 10.1. The molecule has 1 saturated heterocycles. The van der Waals surface area contributed by atoms with Crippen LogP contribution in [0.3, 0.4) is 0 Å². The van der Waals surface area contributed by atoms with Crippen LogP contribution in [0.5, 0.6) is 0 Å². The highest BCUT2D eigenvalue weighted by molar-refractivity contribution is 6.07. The van der Waals surface area contributed by atoms with Crippen molar-refractivity contribution in [3.05, 3.63) is 36.1 Å². The summed E-state index contributed by atoms with van der Waals surface area (Å²) in [6.07, 6.45) is 0.373. The van der Waals surface area contributed by atoms with Gasteiger partial charge in [-0.15, -0.1) is 0 Å². The number of carbonyl (C=O) groups is 3. The van der Waals surface area contributed by atoms with Crippen LogP contribution >= 0.6 is 0 Å². The number of para-hydroxylation sites is 1. The Morgan fingerprint density at radius 1 is 1.16 bits per heavy atom. The molecule has 0 saturated carbocycles. The minimum absolute atomic E-state index is 0.175. The first-order valence-corrected chi connectivity index (χ1v) is 6.00. The van der Waals surface area contributed by atoms with Gasteiger partial charge in [0, 0.05) is 18.2 Å². The lowest BCUT2D eigenvalue weighted by Gasteiger charge is -2.10. The number of Topliss-reactive ketones (excluding diaryl/α,β-unsaturated/α-hetero) is 1. The lowest BCUT2D eigenvalue weighted by Crippen LogP contribution is -2.34. The summed E-state index contributed by atoms with van der Waals surface area (Å²) in [5.41, 5.74) is 0.616. The minimum atomic E-state index is -0.361. The van der Waals surface area contributed by atoms with E-state index >= 15 is 0 Å². The number of furan rings is 1. The molecule has 1 aromatic heterocycles. The average molecular weight is 257 g/mol. The molecule has 0 N–H and O–H groups in total. The van der Waals surface area contributed by atoms with Crippen molar-refractivity contribution >= 4 is 28.6 Å². The molecule has 96 valence electrons. The van der Waals surface area contributed by atoms with Gasteiger partial charge in [-0.25, -0.2) is 0 Å². The number of benzene rings is 1. The molecule has 2 aromatic rings. The van der Waals surface area contributed by atoms with Crippen molar-refractivity contribution in [3.8, 4) is 0 Å². The maximum absolute atomic E-state index is 12.0. The molecule has 19 heavy (non-hydrogen) atoms. The van der Waals surface area contributed by atoms with Gasteiger partial charge in [0.15, 0.2) is 5.76 Å². The molecule has 5 nitrogen and oxygen atoms in total. The Labute approximate surface area is 108 Å². The van der Waals surface area contributed by atoms with Gasteiger partial charge in [-0.2, -0.15) is 0 Å². The fourth-order valence-corrected chi connectivity index (χ4v) is 2.14. The number of rotatable bonds is 3. The Balaban J connectivity index is 1.84. The second-order valence-corrected chi connectivity index (χ2v) is 4.45. The lowest BCUT2D eigenvalue weighted by molar-refractivity contribution is -0.137. The van der Waals surface area contributed by atoms with Crippen LogP contribution in [0.1, 0.15) is 23.4 Å². The first kappa shape index (κ1) is 11.6. The highest BCUT2D eigenvalue weighted by Gasteiger charge is 2.31. The van der Waals surface area contributed by atoms with E-state index in [-0.39, 0.29) is 42.7 Å². The molecule has 0 spiro atoms. The SMILES string of the molecule is O=C(CN1C(=O)CCC1=O)c1cc2ccccc2o1. The summed E-state index contributed by atoms with van der Waals surface area (Å²) >= 11 is 0. The number of hydrogen-bond acceptors (Lipinski definition) is 4. The van der Waals surface area contributed by atoms with Crippen LogP contribution in [0.4, 0.5) is 0 Å². The van der Waals surface area contributed by atoms with Crippen molar-refractivity contribution in [1.29, 1.82) is 0 Å². The molecule has 5 heteroatoms. The third kappa shape index (κ3) is 2.03. The van der Waals surface area contributed by atoms with E-state index in [0.29, 0.717) is 5.58 Å². The molecule has 3 rings (SSSR count). The Morgan fingerprint density at radius 3 is 2.53 bits per heavy atom. The van der Waals surface area contributed by atoms with Gasteiger partial charge in [-0.05, 0) is 12.1 Å². The Kier molecular flexibility index (Phi) is 2.67. The number of ketones is 1. The second kappa shape index (κ2) is 4.35. The molecular weight excluding hydrogens is 246 g/mol. The Morgan fingerprint density at radius 2 is 1.84 bits per heavy atom. The van der Waals surface area contributed by atoms with Gasteiger partial charge in [0.05, 0.1) is 6.54 Å². The molecule has 0 unspecified atom stereocenters. The largest absolute Gasteiger partial charge is 0.453 e. The number of hydrogen-bond donors (Lipinski definition) is 0. The first-order chi connectivity index (χ1) is 9.15. The quantitative estimate of drug-likeness (QED) is 0.620. The van der Waals surface area contributed by atoms with E-state index in [1.807, 2.05) is 18.2 Å². The molecule has 0 atom stereocenters. The van der Waals surface area contributed by atoms with Crippen LogP contribution in [-0.2, 0) is 9.59 Å². The summed E-state index contributed by atoms with van der Waals surface area (Å²) in [6.45, 7) is -0.239. The summed E-state index contributed by atoms with van der Waals surface area (Å²) in [6, 6.07) is 8.88. The fraction of sp³-hybridized carbons (Fsp3) is 0.214. The van der Waals surface area contributed by atoms with E-state index in [1.54, 1.807) is 12.1 Å². The minimum Gasteiger partial charge on any atom is -0.453 e. The van der Waals surface area contributed by atoms with E-state index in [4.69, 9.17) is 4.42 Å². The molecule has 2 heterocycles. The number of carbonyl (C=O) groups excluding carboxylic acids is 3. The van der Waals surface area contributed by atoms with Crippen LogP contribution < -0.4 is 0 Å². The number of likely N-dealkylation sites (tertiary alicyclic amines) is 1. The number of amides is 2. The van der Waals surface area contributed by atoms with E-state index in [0.717, 1.165) is 10.3 Å². The maximum Gasteiger partial charge on any atom is 0.230 e. The predicted octanol–water partition coefficient (Wildman–Crippen LogP) is 1.76. The molecular formula is C14H11NO4. The normalized spacial score (nSPS) is 15.5. The topological polar surface area (TPSA) is 67.6 Å². The third-order valence-electron chi connectivity index (χ3n) is 3.16. The van der Waals surface area contributed by atoms with Gasteiger partial charge in [-0.1, -0.05) is 18.2 Å². The first-order valence-electron chi connectivity index (χ1n) is 6.00. The van der Waals surface area contributed by atoms with Gasteiger partial charge >= 0.3 is 0 Å². The molecule has 1 aliphatic rings. The summed E-state index contributed by atoms with van der Waals surface area (Å²) in [5, 5.41) is 0.824. The van der Waals surface area contributed by atoms with Crippen LogP contribution in [0.25, 0.3) is 11.0 Å². The van der Waals surface area contributed by atoms with Crippen LogP contribution in [0.15, 0.2) is 34.7 Å². The van der Waals surface area contributed by atoms with Gasteiger partial charge in [0.25, 0.3) is 0 Å². The standard InChI is InChI=1S/C14H11NO4/c16-10(8-15-13(17)5-6-14(15)18)12-7-9-3-1-2-4-11(9)19-12/h1-4,7H,5-6,8H2. The van der Waals surface area contributed by atoms with Crippen molar-refractivity contribution in [3.63, 3.8) is 0 Å².